The van der Waals surface area contributed by atoms with Crippen molar-refractivity contribution in [1.82, 2.24) is 0 Å². The van der Waals surface area contributed by atoms with Crippen LogP contribution in [0.15, 0.2) is 22.7 Å². The predicted molar refractivity (Wildman–Crippen MR) is 80.5 cm³/mol. The maximum absolute atomic E-state index is 11.1. The average Bonchev–Trinajstić information content (AvgIpc) is 2.39. The number of hydrogen-bond acceptors (Lipinski definition) is 3. The first kappa shape index (κ1) is 14.9. The maximum Gasteiger partial charge on any atom is 0.305 e. The molecule has 0 bridgehead atoms. The number of hydrogen-bond donors (Lipinski definition) is 2. The molecule has 0 unspecified atom stereocenters. The van der Waals surface area contributed by atoms with Crippen molar-refractivity contribution in [3.05, 3.63) is 28.2 Å². The number of carboxylic acids is 1. The average molecular weight is 337 g/mol. The summed E-state index contributed by atoms with van der Waals surface area (Å²) in [5.74, 6) is -0.771. The molecule has 0 spiro atoms. The van der Waals surface area contributed by atoms with Gasteiger partial charge in [0, 0.05) is 15.7 Å². The van der Waals surface area contributed by atoms with Crippen LogP contribution < -0.4 is 5.32 Å². The monoisotopic (exact) mass is 336 g/mol. The molecule has 0 saturated heterocycles. The molecule has 1 aliphatic carbocycles. The highest BCUT2D eigenvalue weighted by molar-refractivity contribution is 9.10. The molecule has 0 aliphatic heterocycles. The van der Waals surface area contributed by atoms with Gasteiger partial charge in [0.25, 0.3) is 0 Å². The van der Waals surface area contributed by atoms with E-state index < -0.39 is 5.97 Å². The Morgan fingerprint density at radius 1 is 1.40 bits per heavy atom. The highest BCUT2D eigenvalue weighted by atomic mass is 79.9. The molecule has 0 aromatic heterocycles. The van der Waals surface area contributed by atoms with Gasteiger partial charge < -0.3 is 10.4 Å². The molecule has 2 N–H and O–H groups in total. The van der Waals surface area contributed by atoms with Crippen LogP contribution in [0, 0.1) is 11.3 Å². The second-order valence-electron chi connectivity index (χ2n) is 5.34. The summed E-state index contributed by atoms with van der Waals surface area (Å²) in [6, 6.07) is 7.52. The number of carboxylic acid groups (broad SMARTS) is 1. The first-order valence-electron chi connectivity index (χ1n) is 6.74. The molecule has 20 heavy (non-hydrogen) atoms. The number of aliphatic carboxylic acids is 1. The Morgan fingerprint density at radius 2 is 2.10 bits per heavy atom. The van der Waals surface area contributed by atoms with Gasteiger partial charge in [-0.05, 0) is 47.0 Å². The minimum Gasteiger partial charge on any atom is -0.481 e. The lowest BCUT2D eigenvalue weighted by atomic mass is 9.79. The van der Waals surface area contributed by atoms with E-state index in [1.165, 1.54) is 6.42 Å². The molecule has 0 radical (unpaired) electrons. The summed E-state index contributed by atoms with van der Waals surface area (Å²) < 4.78 is 0.728. The number of anilines is 1. The van der Waals surface area contributed by atoms with Crippen LogP contribution in [0.1, 0.15) is 44.1 Å². The van der Waals surface area contributed by atoms with Crippen molar-refractivity contribution in [3.8, 4) is 6.07 Å². The van der Waals surface area contributed by atoms with Crippen molar-refractivity contribution in [2.24, 2.45) is 0 Å². The van der Waals surface area contributed by atoms with E-state index in [1.807, 2.05) is 12.1 Å². The standard InChI is InChI=1S/C15H17BrN2O2/c16-13-8-12(5-4-11(13)10-17)18-15(9-14(19)20)6-2-1-3-7-15/h4-5,8,18H,1-3,6-7,9H2,(H,19,20). The Bertz CT molecular complexity index is 545. The van der Waals surface area contributed by atoms with Crippen LogP contribution in [-0.4, -0.2) is 16.6 Å². The summed E-state index contributed by atoms with van der Waals surface area (Å²) in [6.07, 6.45) is 5.15. The second-order valence-corrected chi connectivity index (χ2v) is 6.20. The molecule has 5 heteroatoms. The summed E-state index contributed by atoms with van der Waals surface area (Å²) >= 11 is 3.36. The van der Waals surface area contributed by atoms with E-state index in [4.69, 9.17) is 10.4 Å². The molecule has 2 rings (SSSR count). The van der Waals surface area contributed by atoms with Crippen molar-refractivity contribution in [2.75, 3.05) is 5.32 Å². The lowest BCUT2D eigenvalue weighted by Crippen LogP contribution is -2.42. The van der Waals surface area contributed by atoms with Gasteiger partial charge in [-0.2, -0.15) is 5.26 Å². The topological polar surface area (TPSA) is 73.1 Å². The van der Waals surface area contributed by atoms with Gasteiger partial charge >= 0.3 is 5.97 Å². The number of halogens is 1. The van der Waals surface area contributed by atoms with Crippen molar-refractivity contribution in [1.29, 1.82) is 5.26 Å². The van der Waals surface area contributed by atoms with Gasteiger partial charge in [-0.3, -0.25) is 4.79 Å². The molecule has 4 nitrogen and oxygen atoms in total. The van der Waals surface area contributed by atoms with Gasteiger partial charge in [-0.1, -0.05) is 19.3 Å². The minimum absolute atomic E-state index is 0.130. The van der Waals surface area contributed by atoms with Crippen molar-refractivity contribution < 1.29 is 9.90 Å². The fourth-order valence-electron chi connectivity index (χ4n) is 2.85. The van der Waals surface area contributed by atoms with E-state index >= 15 is 0 Å². The van der Waals surface area contributed by atoms with Gasteiger partial charge in [-0.15, -0.1) is 0 Å². The van der Waals surface area contributed by atoms with Gasteiger partial charge in [-0.25, -0.2) is 0 Å². The summed E-state index contributed by atoms with van der Waals surface area (Å²) in [6.45, 7) is 0. The van der Waals surface area contributed by atoms with E-state index in [1.54, 1.807) is 6.07 Å². The lowest BCUT2D eigenvalue weighted by Gasteiger charge is -2.38. The van der Waals surface area contributed by atoms with Gasteiger partial charge in [0.1, 0.15) is 6.07 Å². The molecule has 1 aromatic rings. The molecule has 0 heterocycles. The third-order valence-corrected chi connectivity index (χ3v) is 4.46. The third-order valence-electron chi connectivity index (χ3n) is 3.80. The van der Waals surface area contributed by atoms with Crippen LogP contribution >= 0.6 is 15.9 Å². The Hall–Kier alpha value is -1.54. The van der Waals surface area contributed by atoms with E-state index in [0.29, 0.717) is 5.56 Å². The smallest absolute Gasteiger partial charge is 0.305 e. The fraction of sp³-hybridized carbons (Fsp3) is 0.467. The van der Waals surface area contributed by atoms with Gasteiger partial charge in [0.2, 0.25) is 0 Å². The van der Waals surface area contributed by atoms with Crippen molar-refractivity contribution in [3.63, 3.8) is 0 Å². The molecule has 1 aromatic carbocycles. The molecule has 1 aliphatic rings. The molecule has 0 atom stereocenters. The first-order valence-corrected chi connectivity index (χ1v) is 7.54. The van der Waals surface area contributed by atoms with Crippen LogP contribution in [0.2, 0.25) is 0 Å². The quantitative estimate of drug-likeness (QED) is 0.874. The molecular formula is C15H17BrN2O2. The highest BCUT2D eigenvalue weighted by Gasteiger charge is 2.34. The van der Waals surface area contributed by atoms with Gasteiger partial charge in [0.15, 0.2) is 0 Å². The van der Waals surface area contributed by atoms with E-state index in [9.17, 15) is 4.79 Å². The normalized spacial score (nSPS) is 17.2. The zero-order chi connectivity index (χ0) is 14.6. The van der Waals surface area contributed by atoms with Gasteiger partial charge in [0.05, 0.1) is 12.0 Å². The summed E-state index contributed by atoms with van der Waals surface area (Å²) in [7, 11) is 0. The molecule has 1 saturated carbocycles. The van der Waals surface area contributed by atoms with Crippen molar-refractivity contribution >= 4 is 27.6 Å². The SMILES string of the molecule is N#Cc1ccc(NC2(CC(=O)O)CCCCC2)cc1Br. The zero-order valence-electron chi connectivity index (χ0n) is 11.2. The lowest BCUT2D eigenvalue weighted by molar-refractivity contribution is -0.138. The maximum atomic E-state index is 11.1. The first-order chi connectivity index (χ1) is 9.54. The van der Waals surface area contributed by atoms with Crippen LogP contribution in [0.3, 0.4) is 0 Å². The summed E-state index contributed by atoms with van der Waals surface area (Å²) in [5, 5.41) is 21.5. The molecule has 106 valence electrons. The zero-order valence-corrected chi connectivity index (χ0v) is 12.7. The van der Waals surface area contributed by atoms with Crippen LogP contribution in [0.5, 0.6) is 0 Å². The predicted octanol–water partition coefficient (Wildman–Crippen LogP) is 3.91. The number of rotatable bonds is 4. The van der Waals surface area contributed by atoms with Crippen LogP contribution in [0.4, 0.5) is 5.69 Å². The Balaban J connectivity index is 2.21. The fourth-order valence-corrected chi connectivity index (χ4v) is 3.32. The number of nitrogens with zero attached hydrogens (tertiary/aromatic N) is 1. The van der Waals surface area contributed by atoms with Crippen LogP contribution in [-0.2, 0) is 4.79 Å². The Kier molecular flexibility index (Phi) is 4.66. The summed E-state index contributed by atoms with van der Waals surface area (Å²) in [4.78, 5) is 11.1. The molecular weight excluding hydrogens is 320 g/mol. The number of benzene rings is 1. The summed E-state index contributed by atoms with van der Waals surface area (Å²) in [5.41, 5.74) is 1.07. The Morgan fingerprint density at radius 3 is 2.65 bits per heavy atom. The number of nitriles is 1. The van der Waals surface area contributed by atoms with E-state index in [2.05, 4.69) is 27.3 Å². The van der Waals surface area contributed by atoms with E-state index in [0.717, 1.165) is 35.8 Å². The number of nitrogens with one attached hydrogen (secondary N) is 1. The second kappa shape index (κ2) is 6.27. The Labute approximate surface area is 126 Å². The third kappa shape index (κ3) is 3.51. The largest absolute Gasteiger partial charge is 0.481 e. The van der Waals surface area contributed by atoms with E-state index in [-0.39, 0.29) is 12.0 Å². The highest BCUT2D eigenvalue weighted by Crippen LogP contribution is 2.35. The number of carbonyl (C=O) groups is 1. The van der Waals surface area contributed by atoms with Crippen LogP contribution in [0.25, 0.3) is 0 Å². The molecule has 1 fully saturated rings. The van der Waals surface area contributed by atoms with Crippen molar-refractivity contribution in [2.45, 2.75) is 44.1 Å². The molecule has 0 amide bonds. The minimum atomic E-state index is -0.771.